The number of alkyl carbamates (subject to hydrolysis) is 1. The van der Waals surface area contributed by atoms with Crippen LogP contribution in [-0.2, 0) is 36.8 Å². The summed E-state index contributed by atoms with van der Waals surface area (Å²) in [5, 5.41) is 4.73. The van der Waals surface area contributed by atoms with Gasteiger partial charge in [-0.25, -0.2) is 9.59 Å². The molecule has 36 heavy (non-hydrogen) atoms. The minimum absolute atomic E-state index is 0.00847. The molecule has 2 N–H and O–H groups in total. The molecule has 0 fully saturated rings. The molecule has 10 heteroatoms. The fourth-order valence-electron chi connectivity index (χ4n) is 3.11. The second kappa shape index (κ2) is 14.1. The van der Waals surface area contributed by atoms with Crippen molar-refractivity contribution in [3.8, 4) is 0 Å². The van der Waals surface area contributed by atoms with Gasteiger partial charge in [-0.2, -0.15) is 8.78 Å². The lowest BCUT2D eigenvalue weighted by Gasteiger charge is -2.25. The number of amides is 2. The molecule has 0 spiro atoms. The van der Waals surface area contributed by atoms with E-state index in [2.05, 4.69) is 15.4 Å². The molecule has 2 aromatic carbocycles. The van der Waals surface area contributed by atoms with Crippen LogP contribution in [0.1, 0.15) is 38.3 Å². The van der Waals surface area contributed by atoms with Gasteiger partial charge in [0.15, 0.2) is 0 Å². The summed E-state index contributed by atoms with van der Waals surface area (Å²) in [6.07, 6.45) is -0.379. The second-order valence-corrected chi connectivity index (χ2v) is 8.97. The van der Waals surface area contributed by atoms with Gasteiger partial charge >= 0.3 is 18.7 Å². The molecule has 8 nitrogen and oxygen atoms in total. The molecule has 2 rings (SSSR count). The van der Waals surface area contributed by atoms with Crippen LogP contribution < -0.4 is 10.6 Å². The number of ether oxygens (including phenoxy) is 3. The molecule has 2 atom stereocenters. The summed E-state index contributed by atoms with van der Waals surface area (Å²) < 4.78 is 40.1. The van der Waals surface area contributed by atoms with E-state index in [4.69, 9.17) is 9.47 Å². The van der Waals surface area contributed by atoms with Gasteiger partial charge in [-0.15, -0.1) is 0 Å². The van der Waals surface area contributed by atoms with E-state index in [-0.39, 0.29) is 13.0 Å². The lowest BCUT2D eigenvalue weighted by molar-refractivity contribution is -0.152. The molecule has 0 aliphatic carbocycles. The SMILES string of the molecule is CC(C)(C)OC(=O)N[C@@H](COC(F)F)C(=O)N[C@@H](CCc1ccccc1)C(=O)OCc1ccccc1. The smallest absolute Gasteiger partial charge is 0.408 e. The third-order valence-electron chi connectivity index (χ3n) is 4.79. The Labute approximate surface area is 209 Å². The third-order valence-corrected chi connectivity index (χ3v) is 4.79. The number of aryl methyl sites for hydroxylation is 1. The first-order valence-electron chi connectivity index (χ1n) is 11.5. The lowest BCUT2D eigenvalue weighted by atomic mass is 10.0. The molecule has 0 bridgehead atoms. The van der Waals surface area contributed by atoms with E-state index < -0.39 is 48.9 Å². The number of esters is 1. The summed E-state index contributed by atoms with van der Waals surface area (Å²) >= 11 is 0. The van der Waals surface area contributed by atoms with Gasteiger partial charge in [-0.1, -0.05) is 60.7 Å². The standard InChI is InChI=1S/C26H32F2N2O6/c1-26(2,3)36-25(33)30-21(17-35-24(27)28)22(31)29-20(15-14-18-10-6-4-7-11-18)23(32)34-16-19-12-8-5-9-13-19/h4-13,20-21,24H,14-17H2,1-3H3,(H,29,31)(H,30,33)/t20-,21-/m0/s1. The van der Waals surface area contributed by atoms with Crippen LogP contribution in [0.15, 0.2) is 60.7 Å². The predicted octanol–water partition coefficient (Wildman–Crippen LogP) is 3.98. The molecule has 0 heterocycles. The normalized spacial score (nSPS) is 12.9. The molecule has 0 aromatic heterocycles. The van der Waals surface area contributed by atoms with E-state index in [0.717, 1.165) is 11.1 Å². The minimum Gasteiger partial charge on any atom is -0.459 e. The van der Waals surface area contributed by atoms with E-state index in [9.17, 15) is 23.2 Å². The maximum absolute atomic E-state index is 12.9. The highest BCUT2D eigenvalue weighted by Crippen LogP contribution is 2.10. The van der Waals surface area contributed by atoms with Crippen LogP contribution in [0.5, 0.6) is 0 Å². The molecule has 2 aromatic rings. The molecule has 196 valence electrons. The molecule has 0 saturated heterocycles. The molecule has 0 unspecified atom stereocenters. The second-order valence-electron chi connectivity index (χ2n) is 8.97. The highest BCUT2D eigenvalue weighted by molar-refractivity contribution is 5.89. The van der Waals surface area contributed by atoms with Crippen LogP contribution in [0.2, 0.25) is 0 Å². The van der Waals surface area contributed by atoms with Crippen molar-refractivity contribution in [1.29, 1.82) is 0 Å². The number of carbonyl (C=O) groups excluding carboxylic acids is 3. The zero-order valence-corrected chi connectivity index (χ0v) is 20.5. The van der Waals surface area contributed by atoms with Gasteiger partial charge in [-0.05, 0) is 44.7 Å². The van der Waals surface area contributed by atoms with Crippen molar-refractivity contribution in [2.24, 2.45) is 0 Å². The molecule has 0 aliphatic rings. The average molecular weight is 507 g/mol. The summed E-state index contributed by atoms with van der Waals surface area (Å²) in [5.74, 6) is -1.59. The largest absolute Gasteiger partial charge is 0.459 e. The summed E-state index contributed by atoms with van der Waals surface area (Å²) in [4.78, 5) is 38.0. The molecular formula is C26H32F2N2O6. The van der Waals surface area contributed by atoms with Crippen molar-refractivity contribution >= 4 is 18.0 Å². The zero-order chi connectivity index (χ0) is 26.6. The highest BCUT2D eigenvalue weighted by atomic mass is 19.3. The Morgan fingerprint density at radius 3 is 2.00 bits per heavy atom. The Kier molecular flexibility index (Phi) is 11.3. The van der Waals surface area contributed by atoms with Crippen LogP contribution in [0.4, 0.5) is 13.6 Å². The van der Waals surface area contributed by atoms with E-state index in [1.54, 1.807) is 45.0 Å². The highest BCUT2D eigenvalue weighted by Gasteiger charge is 2.30. The van der Waals surface area contributed by atoms with Crippen LogP contribution in [0.25, 0.3) is 0 Å². The Bertz CT molecular complexity index is 967. The minimum atomic E-state index is -3.16. The van der Waals surface area contributed by atoms with Crippen LogP contribution >= 0.6 is 0 Å². The number of hydrogen-bond acceptors (Lipinski definition) is 6. The molecule has 0 aliphatic heterocycles. The van der Waals surface area contributed by atoms with Gasteiger partial charge in [0.2, 0.25) is 5.91 Å². The first-order valence-corrected chi connectivity index (χ1v) is 11.5. The number of benzene rings is 2. The van der Waals surface area contributed by atoms with Gasteiger partial charge in [-0.3, -0.25) is 4.79 Å². The first kappa shape index (κ1) is 28.7. The number of alkyl halides is 2. The number of halogens is 2. The average Bonchev–Trinajstić information content (AvgIpc) is 2.82. The molecule has 0 saturated carbocycles. The van der Waals surface area contributed by atoms with Crippen molar-refractivity contribution in [3.63, 3.8) is 0 Å². The Morgan fingerprint density at radius 2 is 1.44 bits per heavy atom. The molecule has 2 amide bonds. The van der Waals surface area contributed by atoms with Crippen molar-refractivity contribution in [2.75, 3.05) is 6.61 Å². The van der Waals surface area contributed by atoms with Gasteiger partial charge in [0.25, 0.3) is 0 Å². The number of carbonyl (C=O) groups is 3. The number of nitrogens with one attached hydrogen (secondary N) is 2. The van der Waals surface area contributed by atoms with Gasteiger partial charge in [0.05, 0.1) is 6.61 Å². The Hall–Kier alpha value is -3.53. The fraction of sp³-hybridized carbons (Fsp3) is 0.423. The fourth-order valence-corrected chi connectivity index (χ4v) is 3.11. The number of hydrogen-bond donors (Lipinski definition) is 2. The van der Waals surface area contributed by atoms with Gasteiger partial charge in [0, 0.05) is 0 Å². The summed E-state index contributed by atoms with van der Waals surface area (Å²) in [6, 6.07) is 15.7. The van der Waals surface area contributed by atoms with Crippen molar-refractivity contribution in [1.82, 2.24) is 10.6 Å². The number of rotatable bonds is 12. The quantitative estimate of drug-likeness (QED) is 0.422. The Balaban J connectivity index is 2.12. The van der Waals surface area contributed by atoms with Crippen LogP contribution in [-0.4, -0.2) is 48.9 Å². The molecule has 0 radical (unpaired) electrons. The van der Waals surface area contributed by atoms with Crippen LogP contribution in [0, 0.1) is 0 Å². The molecular weight excluding hydrogens is 474 g/mol. The van der Waals surface area contributed by atoms with Crippen LogP contribution in [0.3, 0.4) is 0 Å². The predicted molar refractivity (Wildman–Crippen MR) is 128 cm³/mol. The van der Waals surface area contributed by atoms with E-state index in [0.29, 0.717) is 6.42 Å². The van der Waals surface area contributed by atoms with Crippen molar-refractivity contribution in [2.45, 2.75) is 64.5 Å². The van der Waals surface area contributed by atoms with Crippen molar-refractivity contribution in [3.05, 3.63) is 71.8 Å². The van der Waals surface area contributed by atoms with Gasteiger partial charge in [0.1, 0.15) is 24.3 Å². The first-order chi connectivity index (χ1) is 17.0. The van der Waals surface area contributed by atoms with E-state index in [1.165, 1.54) is 0 Å². The maximum Gasteiger partial charge on any atom is 0.408 e. The Morgan fingerprint density at radius 1 is 0.861 bits per heavy atom. The maximum atomic E-state index is 12.9. The van der Waals surface area contributed by atoms with E-state index in [1.807, 2.05) is 36.4 Å². The topological polar surface area (TPSA) is 103 Å². The monoisotopic (exact) mass is 506 g/mol. The van der Waals surface area contributed by atoms with Crippen molar-refractivity contribution < 1.29 is 37.4 Å². The lowest BCUT2D eigenvalue weighted by Crippen LogP contribution is -2.54. The summed E-state index contributed by atoms with van der Waals surface area (Å²) in [5.41, 5.74) is 0.805. The summed E-state index contributed by atoms with van der Waals surface area (Å²) in [7, 11) is 0. The van der Waals surface area contributed by atoms with E-state index >= 15 is 0 Å². The summed E-state index contributed by atoms with van der Waals surface area (Å²) in [6.45, 7) is 0.836. The third kappa shape index (κ3) is 11.3. The zero-order valence-electron chi connectivity index (χ0n) is 20.5. The van der Waals surface area contributed by atoms with Gasteiger partial charge < -0.3 is 24.8 Å².